The monoisotopic (exact) mass is 826 g/mol. The van der Waals surface area contributed by atoms with Gasteiger partial charge in [-0.15, -0.1) is 0 Å². The van der Waals surface area contributed by atoms with Gasteiger partial charge < -0.3 is 28.4 Å². The van der Waals surface area contributed by atoms with E-state index in [4.69, 9.17) is 28.4 Å². The largest absolute Gasteiger partial charge is 0.490 e. The molecule has 3 aromatic carbocycles. The van der Waals surface area contributed by atoms with Gasteiger partial charge in [-0.1, -0.05) is 47.2 Å². The van der Waals surface area contributed by atoms with Gasteiger partial charge in [0.1, 0.15) is 6.61 Å². The number of methoxy groups -OCH3 is 1. The molecular weight excluding hydrogens is 787 g/mol. The second-order valence-electron chi connectivity index (χ2n) is 11.3. The summed E-state index contributed by atoms with van der Waals surface area (Å²) < 4.78 is 36.6. The summed E-state index contributed by atoms with van der Waals surface area (Å²) >= 11 is 3.43. The van der Waals surface area contributed by atoms with Gasteiger partial charge in [0.2, 0.25) is 0 Å². The number of allylic oxidation sites excluding steroid dienone is 1. The molecule has 0 bridgehead atoms. The van der Waals surface area contributed by atoms with Crippen LogP contribution in [0.3, 0.4) is 0 Å². The van der Waals surface area contributed by atoms with Crippen molar-refractivity contribution < 1.29 is 38.0 Å². The number of nitrogens with zero attached hydrogens (tertiary/aromatic N) is 2. The summed E-state index contributed by atoms with van der Waals surface area (Å²) in [4.78, 5) is 44.6. The van der Waals surface area contributed by atoms with Crippen LogP contribution < -0.4 is 33.8 Å². The molecule has 13 heteroatoms. The molecule has 11 nitrogen and oxygen atoms in total. The third kappa shape index (κ3) is 8.64. The summed E-state index contributed by atoms with van der Waals surface area (Å²) in [6.07, 6.45) is 1.79. The van der Waals surface area contributed by atoms with E-state index in [0.29, 0.717) is 63.4 Å². The molecule has 2 heterocycles. The maximum atomic E-state index is 14.3. The smallest absolute Gasteiger partial charge is 0.343 e. The number of esters is 2. The average molecular weight is 827 g/mol. The lowest BCUT2D eigenvalue weighted by Gasteiger charge is -2.25. The number of benzene rings is 3. The van der Waals surface area contributed by atoms with Gasteiger partial charge in [-0.3, -0.25) is 9.36 Å². The van der Waals surface area contributed by atoms with Gasteiger partial charge in [0, 0.05) is 0 Å². The molecule has 0 saturated carbocycles. The van der Waals surface area contributed by atoms with E-state index in [9.17, 15) is 14.4 Å². The molecule has 51 heavy (non-hydrogen) atoms. The number of carbonyl (C=O) groups is 2. The second kappa shape index (κ2) is 17.1. The highest BCUT2D eigenvalue weighted by Crippen LogP contribution is 2.37. The Morgan fingerprint density at radius 1 is 0.922 bits per heavy atom. The summed E-state index contributed by atoms with van der Waals surface area (Å²) in [6, 6.07) is 16.1. The summed E-state index contributed by atoms with van der Waals surface area (Å²) in [6.45, 7) is 10.1. The van der Waals surface area contributed by atoms with Gasteiger partial charge in [-0.2, -0.15) is 0 Å². The minimum atomic E-state index is -0.882. The summed E-state index contributed by atoms with van der Waals surface area (Å²) in [5.41, 5.74) is 3.81. The lowest BCUT2D eigenvalue weighted by atomic mass is 9.95. The van der Waals surface area contributed by atoms with Crippen molar-refractivity contribution in [1.82, 2.24) is 4.57 Å². The number of fused-ring (bicyclic) bond motifs is 1. The van der Waals surface area contributed by atoms with Crippen LogP contribution in [0.1, 0.15) is 56.0 Å². The van der Waals surface area contributed by atoms with E-state index in [1.807, 2.05) is 51.1 Å². The number of ether oxygens (including phenoxy) is 6. The van der Waals surface area contributed by atoms with Gasteiger partial charge >= 0.3 is 11.9 Å². The Labute approximate surface area is 313 Å². The Balaban J connectivity index is 1.60. The molecule has 0 aliphatic carbocycles. The molecule has 1 aliphatic heterocycles. The quantitative estimate of drug-likeness (QED) is 0.118. The van der Waals surface area contributed by atoms with Gasteiger partial charge in [0.15, 0.2) is 34.4 Å². The third-order valence-electron chi connectivity index (χ3n) is 7.77. The van der Waals surface area contributed by atoms with Crippen molar-refractivity contribution in [2.75, 3.05) is 33.5 Å². The molecule has 1 atom stereocenters. The van der Waals surface area contributed by atoms with Crippen LogP contribution in [0.2, 0.25) is 0 Å². The second-order valence-corrected chi connectivity index (χ2v) is 13.5. The Hall–Kier alpha value is -4.63. The van der Waals surface area contributed by atoms with Gasteiger partial charge in [-0.25, -0.2) is 14.6 Å². The predicted octanol–water partition coefficient (Wildman–Crippen LogP) is 5.64. The normalized spacial score (nSPS) is 14.0. The molecule has 1 aromatic heterocycles. The molecular formula is C38H39IN2O9S. The number of thiazole rings is 1. The van der Waals surface area contributed by atoms with Crippen LogP contribution in [-0.4, -0.2) is 50.0 Å². The fourth-order valence-electron chi connectivity index (χ4n) is 5.57. The van der Waals surface area contributed by atoms with Crippen LogP contribution >= 0.6 is 33.9 Å². The van der Waals surface area contributed by atoms with Crippen LogP contribution in [0, 0.1) is 10.5 Å². The van der Waals surface area contributed by atoms with Gasteiger partial charge in [0.25, 0.3) is 5.56 Å². The van der Waals surface area contributed by atoms with Crippen molar-refractivity contribution in [2.24, 2.45) is 4.99 Å². The molecule has 4 aromatic rings. The first kappa shape index (κ1) is 37.6. The number of hydrogen-bond acceptors (Lipinski definition) is 11. The number of aryl methyl sites for hydroxylation is 1. The first-order valence-electron chi connectivity index (χ1n) is 16.4. The molecule has 0 radical (unpaired) electrons. The Morgan fingerprint density at radius 2 is 1.69 bits per heavy atom. The number of halogens is 1. The SMILES string of the molecule is CCOC(=O)C1=C(C)N=c2s/c(=C\c3cc(I)c(OCc4cccc(C)c4)c(OCC)c3)c(=O)n2[C@@H]1c1ccc(OCC(=O)OC)c(OCC)c1. The molecule has 0 saturated heterocycles. The molecule has 1 aliphatic rings. The average Bonchev–Trinajstić information content (AvgIpc) is 3.40. The zero-order valence-corrected chi connectivity index (χ0v) is 32.2. The van der Waals surface area contributed by atoms with E-state index in [1.165, 1.54) is 23.0 Å². The zero-order valence-electron chi connectivity index (χ0n) is 29.2. The van der Waals surface area contributed by atoms with E-state index in [0.717, 1.165) is 20.3 Å². The third-order valence-corrected chi connectivity index (χ3v) is 9.55. The van der Waals surface area contributed by atoms with Crippen LogP contribution in [0.25, 0.3) is 6.08 Å². The fraction of sp³-hybridized carbons (Fsp3) is 0.316. The Bertz CT molecular complexity index is 2150. The maximum absolute atomic E-state index is 14.3. The van der Waals surface area contributed by atoms with Crippen molar-refractivity contribution in [1.29, 1.82) is 0 Å². The van der Waals surface area contributed by atoms with Crippen LogP contribution in [-0.2, 0) is 25.7 Å². The summed E-state index contributed by atoms with van der Waals surface area (Å²) in [5.74, 6) is 0.691. The van der Waals surface area contributed by atoms with Crippen molar-refractivity contribution in [3.8, 4) is 23.0 Å². The van der Waals surface area contributed by atoms with Gasteiger partial charge in [-0.05, 0) is 104 Å². The summed E-state index contributed by atoms with van der Waals surface area (Å²) in [5, 5.41) is 0. The molecule has 0 N–H and O–H groups in total. The standard InChI is InChI=1S/C38H39IN2O9S/c1-7-46-29-19-26(13-14-28(29)49-21-32(42)45-6)34-33(37(44)48-9-3)23(5)40-38-41(34)36(43)31(51-38)18-25-16-27(39)35(30(17-25)47-8-2)50-20-24-12-10-11-22(4)15-24/h10-19,34H,7-9,20-21H2,1-6H3/b31-18-/t34-/m1/s1. The first-order chi connectivity index (χ1) is 24.6. The topological polar surface area (TPSA) is 124 Å². The lowest BCUT2D eigenvalue weighted by Crippen LogP contribution is -2.40. The molecule has 0 fully saturated rings. The molecule has 0 unspecified atom stereocenters. The first-order valence-corrected chi connectivity index (χ1v) is 18.3. The van der Waals surface area contributed by atoms with Gasteiger partial charge in [0.05, 0.1) is 52.3 Å². The van der Waals surface area contributed by atoms with Crippen molar-refractivity contribution in [2.45, 2.75) is 47.3 Å². The number of rotatable bonds is 14. The van der Waals surface area contributed by atoms with E-state index < -0.39 is 18.0 Å². The molecule has 5 rings (SSSR count). The van der Waals surface area contributed by atoms with E-state index >= 15 is 0 Å². The minimum Gasteiger partial charge on any atom is -0.490 e. The number of carbonyl (C=O) groups excluding carboxylic acids is 2. The Morgan fingerprint density at radius 3 is 2.39 bits per heavy atom. The highest BCUT2D eigenvalue weighted by atomic mass is 127. The van der Waals surface area contributed by atoms with E-state index in [1.54, 1.807) is 38.1 Å². The van der Waals surface area contributed by atoms with Crippen LogP contribution in [0.5, 0.6) is 23.0 Å². The summed E-state index contributed by atoms with van der Waals surface area (Å²) in [7, 11) is 1.27. The predicted molar refractivity (Wildman–Crippen MR) is 201 cm³/mol. The molecule has 268 valence electrons. The van der Waals surface area contributed by atoms with E-state index in [-0.39, 0.29) is 24.3 Å². The minimum absolute atomic E-state index is 0.142. The fourth-order valence-corrected chi connectivity index (χ4v) is 7.40. The van der Waals surface area contributed by atoms with Crippen LogP contribution in [0.4, 0.5) is 0 Å². The van der Waals surface area contributed by atoms with E-state index in [2.05, 4.69) is 33.6 Å². The highest BCUT2D eigenvalue weighted by Gasteiger charge is 2.34. The molecule has 0 amide bonds. The zero-order chi connectivity index (χ0) is 36.7. The lowest BCUT2D eigenvalue weighted by molar-refractivity contribution is -0.143. The van der Waals surface area contributed by atoms with Crippen molar-refractivity contribution in [3.05, 3.63) is 111 Å². The number of hydrogen-bond donors (Lipinski definition) is 0. The van der Waals surface area contributed by atoms with Crippen molar-refractivity contribution in [3.63, 3.8) is 0 Å². The highest BCUT2D eigenvalue weighted by molar-refractivity contribution is 14.1. The van der Waals surface area contributed by atoms with Crippen LogP contribution in [0.15, 0.2) is 75.7 Å². The number of aromatic nitrogens is 1. The maximum Gasteiger partial charge on any atom is 0.343 e. The molecule has 0 spiro atoms. The Kier molecular flexibility index (Phi) is 12.6. The van der Waals surface area contributed by atoms with Crippen molar-refractivity contribution >= 4 is 51.9 Å².